The van der Waals surface area contributed by atoms with Crippen molar-refractivity contribution in [3.05, 3.63) is 273 Å². The standard InChI is InChI=1S/C66H45N3Si/c1-5-22-46(23-6-1)67-60-38-17-14-33-56(60)65-54(35-20-40-63(65)67)55-36-21-41-64-66(55)57-34-15-18-39-61(57)69(64)48-42-43-62-58(45-48)53-32-13-16-37-59(53)68(62)47-24-19-31-52(44-47)70(49-25-7-2-8-26-49,50-27-9-3-10-28-50)51-29-11-4-12-30-51/h1-45H. The summed E-state index contributed by atoms with van der Waals surface area (Å²) in [5, 5.41) is 12.9. The Morgan fingerprint density at radius 3 is 1.11 bits per heavy atom. The number of hydrogen-bond donors (Lipinski definition) is 0. The van der Waals surface area contributed by atoms with Crippen LogP contribution in [0.2, 0.25) is 0 Å². The second-order valence-electron chi connectivity index (χ2n) is 18.4. The fourth-order valence-corrected chi connectivity index (χ4v) is 16.7. The van der Waals surface area contributed by atoms with Gasteiger partial charge in [0.1, 0.15) is 0 Å². The highest BCUT2D eigenvalue weighted by atomic mass is 28.3. The molecule has 3 heterocycles. The van der Waals surface area contributed by atoms with Gasteiger partial charge in [-0.15, -0.1) is 0 Å². The van der Waals surface area contributed by atoms with Crippen molar-refractivity contribution < 1.29 is 0 Å². The molecule has 3 nitrogen and oxygen atoms in total. The molecule has 0 fully saturated rings. The molecule has 3 aromatic heterocycles. The van der Waals surface area contributed by atoms with Gasteiger partial charge in [-0.05, 0) is 105 Å². The molecule has 14 aromatic rings. The average Bonchev–Trinajstić information content (AvgIpc) is 4.08. The molecular weight excluding hydrogens is 863 g/mol. The van der Waals surface area contributed by atoms with Crippen LogP contribution in [0.15, 0.2) is 273 Å². The Hall–Kier alpha value is -8.96. The maximum Gasteiger partial charge on any atom is 0.179 e. The van der Waals surface area contributed by atoms with Crippen molar-refractivity contribution in [3.63, 3.8) is 0 Å². The van der Waals surface area contributed by atoms with E-state index in [9.17, 15) is 0 Å². The first kappa shape index (κ1) is 40.1. The van der Waals surface area contributed by atoms with Crippen LogP contribution in [0.3, 0.4) is 0 Å². The van der Waals surface area contributed by atoms with Crippen molar-refractivity contribution in [2.45, 2.75) is 0 Å². The molecule has 0 unspecified atom stereocenters. The van der Waals surface area contributed by atoms with E-state index in [0.717, 1.165) is 17.1 Å². The van der Waals surface area contributed by atoms with Gasteiger partial charge in [0.15, 0.2) is 8.07 Å². The van der Waals surface area contributed by atoms with Gasteiger partial charge in [0.05, 0.1) is 33.1 Å². The van der Waals surface area contributed by atoms with E-state index < -0.39 is 8.07 Å². The molecule has 0 N–H and O–H groups in total. The van der Waals surface area contributed by atoms with Gasteiger partial charge < -0.3 is 13.7 Å². The van der Waals surface area contributed by atoms with E-state index >= 15 is 0 Å². The molecule has 0 aliphatic rings. The summed E-state index contributed by atoms with van der Waals surface area (Å²) in [5.41, 5.74) is 13.0. The maximum atomic E-state index is 2.48. The zero-order chi connectivity index (χ0) is 46.2. The Kier molecular flexibility index (Phi) is 9.23. The van der Waals surface area contributed by atoms with Crippen molar-refractivity contribution in [2.24, 2.45) is 0 Å². The van der Waals surface area contributed by atoms with Gasteiger partial charge in [0.2, 0.25) is 0 Å². The van der Waals surface area contributed by atoms with Gasteiger partial charge in [0.25, 0.3) is 0 Å². The van der Waals surface area contributed by atoms with Crippen molar-refractivity contribution >= 4 is 94.2 Å². The van der Waals surface area contributed by atoms with E-state index in [1.54, 1.807) is 0 Å². The molecule has 14 rings (SSSR count). The van der Waals surface area contributed by atoms with Crippen LogP contribution in [0, 0.1) is 0 Å². The molecule has 0 spiro atoms. The minimum absolute atomic E-state index is 1.13. The van der Waals surface area contributed by atoms with Gasteiger partial charge in [-0.2, -0.15) is 0 Å². The van der Waals surface area contributed by atoms with Crippen molar-refractivity contribution in [3.8, 4) is 28.2 Å². The topological polar surface area (TPSA) is 14.8 Å². The largest absolute Gasteiger partial charge is 0.309 e. The molecule has 0 bridgehead atoms. The quantitative estimate of drug-likeness (QED) is 0.107. The zero-order valence-electron chi connectivity index (χ0n) is 38.3. The number of rotatable bonds is 8. The third-order valence-electron chi connectivity index (χ3n) is 14.8. The molecule has 0 saturated heterocycles. The Balaban J connectivity index is 0.977. The highest BCUT2D eigenvalue weighted by Crippen LogP contribution is 2.44. The summed E-state index contributed by atoms with van der Waals surface area (Å²) >= 11 is 0. The third-order valence-corrected chi connectivity index (χ3v) is 19.5. The van der Waals surface area contributed by atoms with E-state index in [1.165, 1.54) is 97.3 Å². The second kappa shape index (κ2) is 16.1. The number of aromatic nitrogens is 3. The van der Waals surface area contributed by atoms with Crippen LogP contribution >= 0.6 is 0 Å². The van der Waals surface area contributed by atoms with E-state index in [2.05, 4.69) is 287 Å². The average molecular weight is 908 g/mol. The third kappa shape index (κ3) is 5.94. The summed E-state index contributed by atoms with van der Waals surface area (Å²) in [4.78, 5) is 0. The summed E-state index contributed by atoms with van der Waals surface area (Å²) in [6.07, 6.45) is 0. The van der Waals surface area contributed by atoms with Crippen molar-refractivity contribution in [1.29, 1.82) is 0 Å². The highest BCUT2D eigenvalue weighted by molar-refractivity contribution is 7.19. The molecule has 0 aliphatic heterocycles. The van der Waals surface area contributed by atoms with E-state index in [1.807, 2.05) is 0 Å². The number of para-hydroxylation sites is 4. The first-order chi connectivity index (χ1) is 34.8. The molecule has 0 aliphatic carbocycles. The molecule has 0 amide bonds. The SMILES string of the molecule is c1ccc(-n2c3ccccc3c3c(-c4cccc5c4c4ccccc4n5-c4ccc5c(c4)c4ccccc4n5-c4cccc([Si](c5ccccc5)(c5ccccc5)c5ccccc5)c4)cccc32)cc1. The number of nitrogens with zero attached hydrogens (tertiary/aromatic N) is 3. The van der Waals surface area contributed by atoms with Crippen LogP contribution in [-0.4, -0.2) is 21.8 Å². The van der Waals surface area contributed by atoms with Crippen molar-refractivity contribution in [1.82, 2.24) is 13.7 Å². The lowest BCUT2D eigenvalue weighted by Gasteiger charge is -2.34. The number of benzene rings is 11. The first-order valence-electron chi connectivity index (χ1n) is 24.2. The van der Waals surface area contributed by atoms with Gasteiger partial charge in [-0.1, -0.05) is 200 Å². The normalized spacial score (nSPS) is 12.0. The minimum Gasteiger partial charge on any atom is -0.309 e. The number of fused-ring (bicyclic) bond motifs is 9. The van der Waals surface area contributed by atoms with Crippen LogP contribution < -0.4 is 20.7 Å². The maximum absolute atomic E-state index is 2.77. The lowest BCUT2D eigenvalue weighted by Crippen LogP contribution is -2.74. The predicted octanol–water partition coefficient (Wildman–Crippen LogP) is 14.0. The molecule has 4 heteroatoms. The van der Waals surface area contributed by atoms with E-state index in [0.29, 0.717) is 0 Å². The number of hydrogen-bond acceptors (Lipinski definition) is 0. The van der Waals surface area contributed by atoms with Gasteiger partial charge >= 0.3 is 0 Å². The molecule has 0 radical (unpaired) electrons. The van der Waals surface area contributed by atoms with E-state index in [4.69, 9.17) is 0 Å². The second-order valence-corrected chi connectivity index (χ2v) is 22.2. The van der Waals surface area contributed by atoms with Crippen LogP contribution in [-0.2, 0) is 0 Å². The molecule has 328 valence electrons. The molecular formula is C66H45N3Si. The van der Waals surface area contributed by atoms with Crippen molar-refractivity contribution in [2.75, 3.05) is 0 Å². The first-order valence-corrected chi connectivity index (χ1v) is 26.2. The van der Waals surface area contributed by atoms with Crippen LogP contribution in [0.5, 0.6) is 0 Å². The Morgan fingerprint density at radius 2 is 0.571 bits per heavy atom. The molecule has 70 heavy (non-hydrogen) atoms. The molecule has 0 atom stereocenters. The molecule has 0 saturated carbocycles. The highest BCUT2D eigenvalue weighted by Gasteiger charge is 2.41. The fourth-order valence-electron chi connectivity index (χ4n) is 11.9. The fraction of sp³-hybridized carbons (Fsp3) is 0. The van der Waals surface area contributed by atoms with Crippen LogP contribution in [0.4, 0.5) is 0 Å². The lowest BCUT2D eigenvalue weighted by molar-refractivity contribution is 1.17. The van der Waals surface area contributed by atoms with Crippen LogP contribution in [0.25, 0.3) is 93.6 Å². The monoisotopic (exact) mass is 907 g/mol. The van der Waals surface area contributed by atoms with Crippen LogP contribution in [0.1, 0.15) is 0 Å². The Labute approximate surface area is 407 Å². The smallest absolute Gasteiger partial charge is 0.179 e. The summed E-state index contributed by atoms with van der Waals surface area (Å²) in [7, 11) is -2.77. The minimum atomic E-state index is -2.77. The summed E-state index contributed by atoms with van der Waals surface area (Å²) < 4.78 is 7.37. The van der Waals surface area contributed by atoms with Gasteiger partial charge in [-0.25, -0.2) is 0 Å². The Morgan fingerprint density at radius 1 is 0.214 bits per heavy atom. The zero-order valence-corrected chi connectivity index (χ0v) is 39.3. The summed E-state index contributed by atoms with van der Waals surface area (Å²) in [6.45, 7) is 0. The van der Waals surface area contributed by atoms with Gasteiger partial charge in [0, 0.05) is 49.4 Å². The Bertz CT molecular complexity index is 4180. The predicted molar refractivity (Wildman–Crippen MR) is 299 cm³/mol. The van der Waals surface area contributed by atoms with Gasteiger partial charge in [-0.3, -0.25) is 0 Å². The van der Waals surface area contributed by atoms with E-state index in [-0.39, 0.29) is 0 Å². The summed E-state index contributed by atoms with van der Waals surface area (Å²) in [6, 6.07) is 101. The summed E-state index contributed by atoms with van der Waals surface area (Å²) in [5.74, 6) is 0. The lowest BCUT2D eigenvalue weighted by atomic mass is 9.95. The molecule has 11 aromatic carbocycles.